The summed E-state index contributed by atoms with van der Waals surface area (Å²) in [6.45, 7) is -0.00569. The summed E-state index contributed by atoms with van der Waals surface area (Å²) in [6, 6.07) is 69.7. The highest BCUT2D eigenvalue weighted by Crippen LogP contribution is 2.51. The third kappa shape index (κ3) is 4.11. The van der Waals surface area contributed by atoms with Gasteiger partial charge in [-0.2, -0.15) is 0 Å². The van der Waals surface area contributed by atoms with Gasteiger partial charge in [-0.15, -0.1) is 0 Å². The number of hydrogen-bond donors (Lipinski definition) is 0. The Kier molecular flexibility index (Phi) is 6.31. The van der Waals surface area contributed by atoms with E-state index in [0.717, 1.165) is 78.5 Å². The number of benzene rings is 9. The molecule has 0 atom stereocenters. The van der Waals surface area contributed by atoms with Gasteiger partial charge in [0.05, 0.1) is 38.8 Å². The van der Waals surface area contributed by atoms with Gasteiger partial charge in [-0.1, -0.05) is 127 Å². The Bertz CT molecular complexity index is 3650. The molecule has 0 aliphatic carbocycles. The fourth-order valence-electron chi connectivity index (χ4n) is 10.6. The molecule has 12 aromatic rings. The molecule has 2 aliphatic rings. The summed E-state index contributed by atoms with van der Waals surface area (Å²) in [5, 5.41) is 7.21. The Morgan fingerprint density at radius 2 is 0.667 bits per heavy atom. The summed E-state index contributed by atoms with van der Waals surface area (Å²) >= 11 is 0. The number of hydrogen-bond acceptors (Lipinski definition) is 2. The lowest BCUT2D eigenvalue weighted by molar-refractivity contribution is 0.464. The van der Waals surface area contributed by atoms with Gasteiger partial charge in [-0.25, -0.2) is 0 Å². The number of aromatic nitrogens is 3. The molecule has 278 valence electrons. The minimum atomic E-state index is -0.00569. The van der Waals surface area contributed by atoms with Crippen LogP contribution in [0.2, 0.25) is 0 Å². The van der Waals surface area contributed by atoms with Gasteiger partial charge in [0.25, 0.3) is 6.71 Å². The molecule has 9 aromatic carbocycles. The smallest absolute Gasteiger partial charge is 0.260 e. The van der Waals surface area contributed by atoms with Crippen LogP contribution in [0.1, 0.15) is 0 Å². The maximum atomic E-state index is 6.91. The van der Waals surface area contributed by atoms with Crippen molar-refractivity contribution >= 4 is 88.5 Å². The summed E-state index contributed by atoms with van der Waals surface area (Å²) in [6.07, 6.45) is 0. The molecular formula is C54H32BN3O2. The van der Waals surface area contributed by atoms with Crippen LogP contribution in [-0.4, -0.2) is 20.4 Å². The summed E-state index contributed by atoms with van der Waals surface area (Å²) in [4.78, 5) is 0. The van der Waals surface area contributed by atoms with Gasteiger partial charge in [0.1, 0.15) is 23.0 Å². The lowest BCUT2D eigenvalue weighted by Gasteiger charge is -2.33. The van der Waals surface area contributed by atoms with Crippen LogP contribution in [0.25, 0.3) is 82.5 Å². The van der Waals surface area contributed by atoms with Crippen molar-refractivity contribution in [2.75, 3.05) is 0 Å². The summed E-state index contributed by atoms with van der Waals surface area (Å²) < 4.78 is 21.3. The fraction of sp³-hybridized carbons (Fsp3) is 0. The van der Waals surface area contributed by atoms with E-state index >= 15 is 0 Å². The first kappa shape index (κ1) is 32.1. The van der Waals surface area contributed by atoms with E-state index in [2.05, 4.69) is 208 Å². The molecule has 2 aliphatic heterocycles. The first-order valence-corrected chi connectivity index (χ1v) is 20.6. The number of fused-ring (bicyclic) bond motifs is 16. The van der Waals surface area contributed by atoms with E-state index in [1.165, 1.54) is 43.4 Å². The van der Waals surface area contributed by atoms with Crippen LogP contribution in [0.4, 0.5) is 0 Å². The Labute approximate surface area is 344 Å². The van der Waals surface area contributed by atoms with Gasteiger partial charge in [0.15, 0.2) is 0 Å². The summed E-state index contributed by atoms with van der Waals surface area (Å²) in [5.74, 6) is 3.38. The molecule has 0 saturated carbocycles. The minimum Gasteiger partial charge on any atom is -0.458 e. The molecule has 14 rings (SSSR count). The Morgan fingerprint density at radius 3 is 1.10 bits per heavy atom. The van der Waals surface area contributed by atoms with Crippen molar-refractivity contribution < 1.29 is 9.47 Å². The highest BCUT2D eigenvalue weighted by atomic mass is 16.5. The van der Waals surface area contributed by atoms with Crippen LogP contribution in [0, 0.1) is 0 Å². The van der Waals surface area contributed by atoms with Gasteiger partial charge >= 0.3 is 0 Å². The van der Waals surface area contributed by atoms with Gasteiger partial charge in [-0.05, 0) is 65.5 Å². The third-order valence-electron chi connectivity index (χ3n) is 12.9. The zero-order valence-electron chi connectivity index (χ0n) is 32.2. The average Bonchev–Trinajstić information content (AvgIpc) is 3.95. The summed E-state index contributed by atoms with van der Waals surface area (Å²) in [7, 11) is 0. The zero-order chi connectivity index (χ0) is 39.1. The topological polar surface area (TPSA) is 33.2 Å². The Morgan fingerprint density at radius 1 is 0.317 bits per heavy atom. The van der Waals surface area contributed by atoms with Crippen molar-refractivity contribution in [3.8, 4) is 40.1 Å². The molecule has 0 N–H and O–H groups in total. The standard InChI is InChI=1S/C54H32BN3O2/c1-3-17-33(18-4-1)56-41-26-12-7-21-36(41)48-52-49(37-22-8-13-27-42(37)57(52)34-19-5-2-6-20-34)54-50(53(48)56)38-23-9-14-28-43(38)58(54)35-31-46-51-47(32-35)60-45-30-16-11-25-40(45)55(51)39-24-10-15-29-44(39)59-46/h1-32H. The van der Waals surface area contributed by atoms with Crippen molar-refractivity contribution in [2.45, 2.75) is 0 Å². The average molecular weight is 766 g/mol. The highest BCUT2D eigenvalue weighted by Gasteiger charge is 2.40. The molecular weight excluding hydrogens is 733 g/mol. The monoisotopic (exact) mass is 765 g/mol. The maximum absolute atomic E-state index is 6.91. The van der Waals surface area contributed by atoms with E-state index in [1.54, 1.807) is 0 Å². The lowest BCUT2D eigenvalue weighted by atomic mass is 9.35. The number of ether oxygens (including phenoxy) is 2. The predicted molar refractivity (Wildman–Crippen MR) is 247 cm³/mol. The zero-order valence-corrected chi connectivity index (χ0v) is 32.2. The Balaban J connectivity index is 1.22. The van der Waals surface area contributed by atoms with E-state index in [0.29, 0.717) is 0 Å². The SMILES string of the molecule is c1ccc(-n2c3ccccc3c3c2c2c4ccccc4n(-c4cc5c6c(c4)Oc4ccccc4B6c4ccccc4O5)c2c2c4ccccc4n(-c4ccccc4)c32)cc1. The largest absolute Gasteiger partial charge is 0.458 e. The molecule has 0 radical (unpaired) electrons. The number of rotatable bonds is 3. The molecule has 0 unspecified atom stereocenters. The first-order valence-electron chi connectivity index (χ1n) is 20.6. The first-order chi connectivity index (χ1) is 29.8. The highest BCUT2D eigenvalue weighted by molar-refractivity contribution is 6.98. The predicted octanol–water partition coefficient (Wildman–Crippen LogP) is 11.7. The van der Waals surface area contributed by atoms with Gasteiger partial charge in [0.2, 0.25) is 0 Å². The maximum Gasteiger partial charge on any atom is 0.260 e. The van der Waals surface area contributed by atoms with Crippen LogP contribution in [0.5, 0.6) is 23.0 Å². The third-order valence-corrected chi connectivity index (χ3v) is 12.9. The molecule has 3 aromatic heterocycles. The van der Waals surface area contributed by atoms with Gasteiger partial charge in [0, 0.05) is 61.3 Å². The van der Waals surface area contributed by atoms with Crippen LogP contribution in [0.15, 0.2) is 194 Å². The van der Waals surface area contributed by atoms with E-state index < -0.39 is 0 Å². The van der Waals surface area contributed by atoms with E-state index in [4.69, 9.17) is 9.47 Å². The second kappa shape index (κ2) is 11.8. The lowest BCUT2D eigenvalue weighted by Crippen LogP contribution is -2.57. The number of para-hydroxylation sites is 7. The van der Waals surface area contributed by atoms with Crippen molar-refractivity contribution in [3.05, 3.63) is 194 Å². The van der Waals surface area contributed by atoms with Crippen LogP contribution in [0.3, 0.4) is 0 Å². The number of nitrogens with zero attached hydrogens (tertiary/aromatic N) is 3. The molecule has 0 bridgehead atoms. The second-order valence-corrected chi connectivity index (χ2v) is 16.0. The van der Waals surface area contributed by atoms with Crippen molar-refractivity contribution in [1.29, 1.82) is 0 Å². The van der Waals surface area contributed by atoms with E-state index in [-0.39, 0.29) is 6.71 Å². The van der Waals surface area contributed by atoms with Crippen LogP contribution < -0.4 is 25.9 Å². The van der Waals surface area contributed by atoms with Crippen molar-refractivity contribution in [3.63, 3.8) is 0 Å². The fourth-order valence-corrected chi connectivity index (χ4v) is 10.6. The quantitative estimate of drug-likeness (QED) is 0.168. The van der Waals surface area contributed by atoms with E-state index in [9.17, 15) is 0 Å². The normalized spacial score (nSPS) is 12.9. The molecule has 0 saturated heterocycles. The molecule has 0 amide bonds. The summed E-state index contributed by atoms with van der Waals surface area (Å²) in [5.41, 5.74) is 13.5. The van der Waals surface area contributed by atoms with Gasteiger partial charge < -0.3 is 23.2 Å². The molecule has 5 heterocycles. The van der Waals surface area contributed by atoms with Crippen molar-refractivity contribution in [1.82, 2.24) is 13.7 Å². The van der Waals surface area contributed by atoms with E-state index in [1.807, 2.05) is 0 Å². The Hall–Kier alpha value is -7.96. The van der Waals surface area contributed by atoms with Crippen molar-refractivity contribution in [2.24, 2.45) is 0 Å². The molecule has 0 spiro atoms. The minimum absolute atomic E-state index is 0.00569. The van der Waals surface area contributed by atoms with Gasteiger partial charge in [-0.3, -0.25) is 0 Å². The molecule has 6 heteroatoms. The van der Waals surface area contributed by atoms with Crippen LogP contribution >= 0.6 is 0 Å². The molecule has 0 fully saturated rings. The molecule has 5 nitrogen and oxygen atoms in total. The molecule has 60 heavy (non-hydrogen) atoms. The van der Waals surface area contributed by atoms with Crippen LogP contribution in [-0.2, 0) is 0 Å². The second-order valence-electron chi connectivity index (χ2n) is 16.0.